The van der Waals surface area contributed by atoms with E-state index in [4.69, 9.17) is 20.5 Å². The number of benzene rings is 2. The predicted molar refractivity (Wildman–Crippen MR) is 151 cm³/mol. The Hall–Kier alpha value is -3.88. The summed E-state index contributed by atoms with van der Waals surface area (Å²) in [5, 5.41) is 6.07. The van der Waals surface area contributed by atoms with Gasteiger partial charge in [-0.05, 0) is 56.3 Å². The average Bonchev–Trinajstić information content (AvgIpc) is 3.27. The fraction of sp³-hybridized carbons (Fsp3) is 0.296. The number of alkyl halides is 3. The van der Waals surface area contributed by atoms with Crippen LogP contribution in [0.15, 0.2) is 61.1 Å². The zero-order valence-electron chi connectivity index (χ0n) is 22.7. The summed E-state index contributed by atoms with van der Waals surface area (Å²) in [6.45, 7) is 3.62. The van der Waals surface area contributed by atoms with Crippen molar-refractivity contribution in [2.24, 2.45) is 0 Å². The van der Waals surface area contributed by atoms with Crippen LogP contribution in [0.1, 0.15) is 25.8 Å². The Balaban J connectivity index is 1.44. The smallest absolute Gasteiger partial charge is 0.416 e. The molecule has 0 bridgehead atoms. The minimum atomic E-state index is -4.50. The number of hydrogen-bond donors (Lipinski definition) is 2. The van der Waals surface area contributed by atoms with E-state index in [-0.39, 0.29) is 35.4 Å². The number of amides is 1. The maximum Gasteiger partial charge on any atom is 0.416 e. The van der Waals surface area contributed by atoms with E-state index in [1.807, 2.05) is 4.57 Å². The Morgan fingerprint density at radius 3 is 2.55 bits per heavy atom. The lowest BCUT2D eigenvalue weighted by Gasteiger charge is -2.22. The molecule has 2 aromatic heterocycles. The van der Waals surface area contributed by atoms with Gasteiger partial charge in [-0.1, -0.05) is 17.7 Å². The molecular weight excluding hydrogens is 599 g/mol. The molecule has 2 N–H and O–H groups in total. The summed E-state index contributed by atoms with van der Waals surface area (Å²) in [7, 11) is -3.72. The maximum absolute atomic E-state index is 13.0. The Morgan fingerprint density at radius 2 is 1.86 bits per heavy atom. The number of carbonyl (C=O) groups is 1. The van der Waals surface area contributed by atoms with Crippen LogP contribution >= 0.6 is 11.6 Å². The van der Waals surface area contributed by atoms with Gasteiger partial charge >= 0.3 is 6.18 Å². The second-order valence-corrected chi connectivity index (χ2v) is 11.9. The summed E-state index contributed by atoms with van der Waals surface area (Å²) in [6, 6.07) is 11.0. The van der Waals surface area contributed by atoms with E-state index in [9.17, 15) is 26.4 Å². The zero-order valence-corrected chi connectivity index (χ0v) is 24.3. The van der Waals surface area contributed by atoms with Crippen LogP contribution in [0.5, 0.6) is 11.5 Å². The topological polar surface area (TPSA) is 124 Å². The Morgan fingerprint density at radius 1 is 1.10 bits per heavy atom. The van der Waals surface area contributed by atoms with Gasteiger partial charge in [0.1, 0.15) is 23.3 Å². The van der Waals surface area contributed by atoms with Gasteiger partial charge in [-0.3, -0.25) is 8.98 Å². The first-order chi connectivity index (χ1) is 19.6. The van der Waals surface area contributed by atoms with E-state index >= 15 is 0 Å². The summed E-state index contributed by atoms with van der Waals surface area (Å²) in [5.74, 6) is 0.221. The lowest BCUT2D eigenvalue weighted by Crippen LogP contribution is -2.36. The van der Waals surface area contributed by atoms with Crippen molar-refractivity contribution >= 4 is 50.2 Å². The van der Waals surface area contributed by atoms with Crippen molar-refractivity contribution in [1.29, 1.82) is 0 Å². The second kappa shape index (κ2) is 12.2. The molecule has 15 heteroatoms. The summed E-state index contributed by atoms with van der Waals surface area (Å²) >= 11 is 6.38. The largest absolute Gasteiger partial charge is 0.456 e. The fourth-order valence-corrected chi connectivity index (χ4v) is 5.27. The number of nitrogens with one attached hydrogen (secondary N) is 2. The SMILES string of the molecule is CC(C)(CC(=O)NCCn1ccc2ncnc(Nc3ccc(Oc4cccc(C(F)(F)F)c4)c(Cl)c3)c21)OS(C)(=O)=O. The molecule has 0 saturated carbocycles. The first kappa shape index (κ1) is 31.1. The summed E-state index contributed by atoms with van der Waals surface area (Å²) < 4.78 is 74.3. The van der Waals surface area contributed by atoms with Crippen LogP contribution in [-0.4, -0.2) is 47.3 Å². The van der Waals surface area contributed by atoms with Crippen molar-refractivity contribution in [1.82, 2.24) is 19.9 Å². The molecule has 42 heavy (non-hydrogen) atoms. The summed E-state index contributed by atoms with van der Waals surface area (Å²) in [5.41, 5.74) is -0.220. The van der Waals surface area contributed by atoms with E-state index in [1.165, 1.54) is 38.4 Å². The molecular formula is C27H27ClF3N5O5S. The van der Waals surface area contributed by atoms with E-state index in [1.54, 1.807) is 24.4 Å². The first-order valence-electron chi connectivity index (χ1n) is 12.5. The van der Waals surface area contributed by atoms with Gasteiger partial charge in [0.2, 0.25) is 5.91 Å². The standard InChI is InChI=1S/C27H27ClF3N5O5S/c1-26(2,41-42(3,38)39)15-23(37)32-10-12-36-11-9-21-24(36)25(34-16-33-21)35-18-7-8-22(20(28)14-18)40-19-6-4-5-17(13-19)27(29,30)31/h4-9,11,13-14,16H,10,12,15H2,1-3H3,(H,32,37)(H,33,34,35). The van der Waals surface area contributed by atoms with Gasteiger partial charge in [0, 0.05) is 25.0 Å². The molecule has 2 heterocycles. The van der Waals surface area contributed by atoms with E-state index in [0.29, 0.717) is 29.1 Å². The molecule has 0 radical (unpaired) electrons. The van der Waals surface area contributed by atoms with Crippen LogP contribution in [0.4, 0.5) is 24.7 Å². The lowest BCUT2D eigenvalue weighted by atomic mass is 10.1. The second-order valence-electron chi connectivity index (χ2n) is 9.94. The number of halogens is 4. The van der Waals surface area contributed by atoms with Crippen LogP contribution in [-0.2, 0) is 31.8 Å². The molecule has 0 aliphatic carbocycles. The van der Waals surface area contributed by atoms with Crippen LogP contribution in [0, 0.1) is 0 Å². The number of ether oxygens (including phenoxy) is 1. The molecule has 0 spiro atoms. The van der Waals surface area contributed by atoms with Gasteiger partial charge in [0.05, 0.1) is 34.4 Å². The van der Waals surface area contributed by atoms with Gasteiger partial charge in [-0.15, -0.1) is 0 Å². The molecule has 0 aliphatic heterocycles. The molecule has 4 aromatic rings. The van der Waals surface area contributed by atoms with Gasteiger partial charge in [-0.2, -0.15) is 21.6 Å². The van der Waals surface area contributed by atoms with E-state index < -0.39 is 27.5 Å². The number of anilines is 2. The third-order valence-electron chi connectivity index (χ3n) is 5.77. The monoisotopic (exact) mass is 625 g/mol. The average molecular weight is 626 g/mol. The number of hydrogen-bond acceptors (Lipinski definition) is 8. The van der Waals surface area contributed by atoms with Gasteiger partial charge < -0.3 is 19.9 Å². The molecule has 10 nitrogen and oxygen atoms in total. The van der Waals surface area contributed by atoms with Crippen molar-refractivity contribution in [3.8, 4) is 11.5 Å². The van der Waals surface area contributed by atoms with Gasteiger partial charge in [0.15, 0.2) is 5.82 Å². The van der Waals surface area contributed by atoms with Crippen LogP contribution < -0.4 is 15.4 Å². The van der Waals surface area contributed by atoms with Crippen molar-refractivity contribution < 1.29 is 35.3 Å². The zero-order chi connectivity index (χ0) is 30.7. The van der Waals surface area contributed by atoms with E-state index in [0.717, 1.165) is 18.4 Å². The van der Waals surface area contributed by atoms with Crippen LogP contribution in [0.3, 0.4) is 0 Å². The molecule has 4 rings (SSSR count). The minimum Gasteiger partial charge on any atom is -0.456 e. The van der Waals surface area contributed by atoms with Gasteiger partial charge in [-0.25, -0.2) is 9.97 Å². The van der Waals surface area contributed by atoms with E-state index in [2.05, 4.69) is 20.6 Å². The highest BCUT2D eigenvalue weighted by atomic mass is 35.5. The number of carbonyl (C=O) groups excluding carboxylic acids is 1. The summed E-state index contributed by atoms with van der Waals surface area (Å²) in [6.07, 6.45) is -0.570. The van der Waals surface area contributed by atoms with Crippen molar-refractivity contribution in [2.45, 2.75) is 38.6 Å². The quantitative estimate of drug-likeness (QED) is 0.197. The molecule has 0 fully saturated rings. The van der Waals surface area contributed by atoms with Crippen molar-refractivity contribution in [2.75, 3.05) is 18.1 Å². The molecule has 0 aliphatic rings. The molecule has 1 amide bonds. The Bertz CT molecular complexity index is 1710. The predicted octanol–water partition coefficient (Wildman–Crippen LogP) is 5.90. The third-order valence-corrected chi connectivity index (χ3v) is 6.82. The molecule has 224 valence electrons. The number of fused-ring (bicyclic) bond motifs is 1. The minimum absolute atomic E-state index is 0.0126. The summed E-state index contributed by atoms with van der Waals surface area (Å²) in [4.78, 5) is 21.0. The lowest BCUT2D eigenvalue weighted by molar-refractivity contribution is -0.137. The number of nitrogens with zero attached hydrogens (tertiary/aromatic N) is 3. The van der Waals surface area contributed by atoms with Crippen LogP contribution in [0.2, 0.25) is 5.02 Å². The third kappa shape index (κ3) is 8.33. The molecule has 2 aromatic carbocycles. The highest BCUT2D eigenvalue weighted by molar-refractivity contribution is 7.86. The normalized spacial score (nSPS) is 12.4. The Kier molecular flexibility index (Phi) is 8.99. The van der Waals surface area contributed by atoms with Crippen LogP contribution in [0.25, 0.3) is 11.0 Å². The molecule has 0 atom stereocenters. The van der Waals surface area contributed by atoms with Crippen molar-refractivity contribution in [3.63, 3.8) is 0 Å². The number of aromatic nitrogens is 3. The molecule has 0 saturated heterocycles. The Labute approximate surface area is 244 Å². The highest BCUT2D eigenvalue weighted by Crippen LogP contribution is 2.36. The maximum atomic E-state index is 13.0. The number of rotatable bonds is 11. The first-order valence-corrected chi connectivity index (χ1v) is 14.7. The van der Waals surface area contributed by atoms with Gasteiger partial charge in [0.25, 0.3) is 10.1 Å². The molecule has 0 unspecified atom stereocenters. The fourth-order valence-electron chi connectivity index (χ4n) is 4.18. The van der Waals surface area contributed by atoms with Crippen molar-refractivity contribution in [3.05, 3.63) is 71.6 Å². The highest BCUT2D eigenvalue weighted by Gasteiger charge is 2.31.